The zero-order chi connectivity index (χ0) is 19.5. The van der Waals surface area contributed by atoms with E-state index in [0.29, 0.717) is 6.04 Å². The minimum absolute atomic E-state index is 0.0430. The third-order valence-corrected chi connectivity index (χ3v) is 6.03. The SMILES string of the molecule is CCn1c(SC(C(=O)NC2CC2)c2ccccc2)nnc1-c1cccc(C)c1. The molecule has 0 bridgehead atoms. The van der Waals surface area contributed by atoms with Crippen molar-refractivity contribution in [2.24, 2.45) is 0 Å². The molecule has 1 aromatic heterocycles. The van der Waals surface area contributed by atoms with Gasteiger partial charge in [0.2, 0.25) is 5.91 Å². The van der Waals surface area contributed by atoms with Crippen LogP contribution in [-0.4, -0.2) is 26.7 Å². The number of aryl methyl sites for hydroxylation is 1. The van der Waals surface area contributed by atoms with Gasteiger partial charge in [-0.15, -0.1) is 10.2 Å². The van der Waals surface area contributed by atoms with E-state index in [1.807, 2.05) is 42.5 Å². The highest BCUT2D eigenvalue weighted by molar-refractivity contribution is 8.00. The van der Waals surface area contributed by atoms with Crippen molar-refractivity contribution < 1.29 is 4.79 Å². The van der Waals surface area contributed by atoms with Gasteiger partial charge in [-0.05, 0) is 38.3 Å². The first-order chi connectivity index (χ1) is 13.7. The summed E-state index contributed by atoms with van der Waals surface area (Å²) in [6.07, 6.45) is 2.14. The van der Waals surface area contributed by atoms with Crippen LogP contribution >= 0.6 is 11.8 Å². The van der Waals surface area contributed by atoms with Crippen LogP contribution in [0.3, 0.4) is 0 Å². The molecule has 1 saturated carbocycles. The molecule has 1 amide bonds. The van der Waals surface area contributed by atoms with Gasteiger partial charge in [0, 0.05) is 18.2 Å². The van der Waals surface area contributed by atoms with E-state index in [9.17, 15) is 4.79 Å². The number of rotatable bonds is 7. The fourth-order valence-electron chi connectivity index (χ4n) is 3.17. The Bertz CT molecular complexity index is 966. The average molecular weight is 393 g/mol. The van der Waals surface area contributed by atoms with Gasteiger partial charge in [0.1, 0.15) is 5.25 Å². The molecule has 4 rings (SSSR count). The predicted octanol–water partition coefficient (Wildman–Crippen LogP) is 4.39. The maximum Gasteiger partial charge on any atom is 0.238 e. The number of hydrogen-bond acceptors (Lipinski definition) is 4. The van der Waals surface area contributed by atoms with E-state index in [1.54, 1.807) is 0 Å². The number of carbonyl (C=O) groups is 1. The molecule has 0 radical (unpaired) electrons. The van der Waals surface area contributed by atoms with Gasteiger partial charge in [-0.2, -0.15) is 0 Å². The number of hydrogen-bond donors (Lipinski definition) is 1. The highest BCUT2D eigenvalue weighted by atomic mass is 32.2. The van der Waals surface area contributed by atoms with E-state index in [1.165, 1.54) is 17.3 Å². The Morgan fingerprint density at radius 3 is 2.64 bits per heavy atom. The quantitative estimate of drug-likeness (QED) is 0.606. The molecule has 1 unspecified atom stereocenters. The van der Waals surface area contributed by atoms with Crippen LogP contribution in [0.25, 0.3) is 11.4 Å². The van der Waals surface area contributed by atoms with Crippen molar-refractivity contribution in [1.29, 1.82) is 0 Å². The standard InChI is InChI=1S/C22H24N4OS/c1-3-26-20(17-11-7-8-15(2)14-17)24-25-22(26)28-19(16-9-5-4-6-10-16)21(27)23-18-12-13-18/h4-11,14,18-19H,3,12-13H2,1-2H3,(H,23,27). The van der Waals surface area contributed by atoms with Crippen LogP contribution in [0.5, 0.6) is 0 Å². The van der Waals surface area contributed by atoms with Crippen molar-refractivity contribution in [3.63, 3.8) is 0 Å². The number of benzene rings is 2. The molecular formula is C22H24N4OS. The lowest BCUT2D eigenvalue weighted by molar-refractivity contribution is -0.120. The largest absolute Gasteiger partial charge is 0.352 e. The van der Waals surface area contributed by atoms with Crippen molar-refractivity contribution in [3.8, 4) is 11.4 Å². The molecule has 1 aliphatic rings. The molecule has 1 fully saturated rings. The van der Waals surface area contributed by atoms with Crippen molar-refractivity contribution >= 4 is 17.7 Å². The van der Waals surface area contributed by atoms with Crippen LogP contribution in [-0.2, 0) is 11.3 Å². The molecule has 5 nitrogen and oxygen atoms in total. The molecular weight excluding hydrogens is 368 g/mol. The summed E-state index contributed by atoms with van der Waals surface area (Å²) in [5.41, 5.74) is 3.21. The summed E-state index contributed by atoms with van der Waals surface area (Å²) in [6, 6.07) is 18.5. The maximum atomic E-state index is 12.9. The molecule has 1 heterocycles. The minimum atomic E-state index is -0.346. The number of nitrogens with zero attached hydrogens (tertiary/aromatic N) is 3. The average Bonchev–Trinajstić information content (AvgIpc) is 3.43. The summed E-state index contributed by atoms with van der Waals surface area (Å²) < 4.78 is 2.08. The lowest BCUT2D eigenvalue weighted by Crippen LogP contribution is -2.30. The molecule has 1 atom stereocenters. The second-order valence-electron chi connectivity index (χ2n) is 7.11. The normalized spacial score (nSPS) is 14.6. The van der Waals surface area contributed by atoms with Crippen molar-refractivity contribution in [1.82, 2.24) is 20.1 Å². The van der Waals surface area contributed by atoms with Gasteiger partial charge in [0.15, 0.2) is 11.0 Å². The van der Waals surface area contributed by atoms with Gasteiger partial charge in [-0.25, -0.2) is 0 Å². The van der Waals surface area contributed by atoms with Gasteiger partial charge in [-0.1, -0.05) is 65.9 Å². The van der Waals surface area contributed by atoms with E-state index >= 15 is 0 Å². The van der Waals surface area contributed by atoms with Crippen LogP contribution < -0.4 is 5.32 Å². The van der Waals surface area contributed by atoms with Gasteiger partial charge >= 0.3 is 0 Å². The Morgan fingerprint density at radius 2 is 1.96 bits per heavy atom. The highest BCUT2D eigenvalue weighted by Gasteiger charge is 2.30. The van der Waals surface area contributed by atoms with E-state index in [4.69, 9.17) is 0 Å². The Balaban J connectivity index is 1.65. The Morgan fingerprint density at radius 1 is 1.18 bits per heavy atom. The lowest BCUT2D eigenvalue weighted by Gasteiger charge is -2.17. The second-order valence-corrected chi connectivity index (χ2v) is 8.18. The number of amides is 1. The number of thioether (sulfide) groups is 1. The molecule has 3 aromatic rings. The third-order valence-electron chi connectivity index (χ3n) is 4.80. The van der Waals surface area contributed by atoms with Gasteiger partial charge in [0.05, 0.1) is 0 Å². The van der Waals surface area contributed by atoms with Gasteiger partial charge in [0.25, 0.3) is 0 Å². The molecule has 0 aliphatic heterocycles. The number of carbonyl (C=O) groups excluding carboxylic acids is 1. The van der Waals surface area contributed by atoms with Crippen LogP contribution in [0.15, 0.2) is 59.8 Å². The van der Waals surface area contributed by atoms with E-state index < -0.39 is 0 Å². The highest BCUT2D eigenvalue weighted by Crippen LogP contribution is 2.37. The Labute approximate surface area is 169 Å². The van der Waals surface area contributed by atoms with Crippen molar-refractivity contribution in [3.05, 3.63) is 65.7 Å². The molecule has 1 aliphatic carbocycles. The van der Waals surface area contributed by atoms with E-state index in [2.05, 4.69) is 46.1 Å². The summed E-state index contributed by atoms with van der Waals surface area (Å²) in [7, 11) is 0. The summed E-state index contributed by atoms with van der Waals surface area (Å²) in [6.45, 7) is 4.89. The predicted molar refractivity (Wildman–Crippen MR) is 112 cm³/mol. The molecule has 2 aromatic carbocycles. The second kappa shape index (κ2) is 8.19. The Kier molecular flexibility index (Phi) is 5.48. The topological polar surface area (TPSA) is 59.8 Å². The molecule has 28 heavy (non-hydrogen) atoms. The molecule has 0 spiro atoms. The smallest absolute Gasteiger partial charge is 0.238 e. The molecule has 144 valence electrons. The van der Waals surface area contributed by atoms with Crippen LogP contribution in [0.4, 0.5) is 0 Å². The van der Waals surface area contributed by atoms with Crippen LogP contribution in [0.2, 0.25) is 0 Å². The first kappa shape index (κ1) is 18.7. The minimum Gasteiger partial charge on any atom is -0.352 e. The lowest BCUT2D eigenvalue weighted by atomic mass is 10.1. The fourth-order valence-corrected chi connectivity index (χ4v) is 4.28. The fraction of sp³-hybridized carbons (Fsp3) is 0.318. The van der Waals surface area contributed by atoms with Gasteiger partial charge in [-0.3, -0.25) is 4.79 Å². The van der Waals surface area contributed by atoms with Crippen LogP contribution in [0.1, 0.15) is 36.1 Å². The van der Waals surface area contributed by atoms with Crippen molar-refractivity contribution in [2.75, 3.05) is 0 Å². The van der Waals surface area contributed by atoms with E-state index in [0.717, 1.165) is 41.5 Å². The third kappa shape index (κ3) is 4.12. The zero-order valence-corrected chi connectivity index (χ0v) is 16.9. The number of aromatic nitrogens is 3. The molecule has 0 saturated heterocycles. The first-order valence-corrected chi connectivity index (χ1v) is 10.6. The first-order valence-electron chi connectivity index (χ1n) is 9.68. The summed E-state index contributed by atoms with van der Waals surface area (Å²) in [4.78, 5) is 12.9. The monoisotopic (exact) mass is 392 g/mol. The van der Waals surface area contributed by atoms with E-state index in [-0.39, 0.29) is 11.2 Å². The summed E-state index contributed by atoms with van der Waals surface area (Å²) in [5.74, 6) is 0.879. The molecule has 6 heteroatoms. The number of nitrogens with one attached hydrogen (secondary N) is 1. The maximum absolute atomic E-state index is 12.9. The Hall–Kier alpha value is -2.60. The van der Waals surface area contributed by atoms with Crippen molar-refractivity contribution in [2.45, 2.75) is 49.7 Å². The van der Waals surface area contributed by atoms with Crippen LogP contribution in [0, 0.1) is 6.92 Å². The summed E-state index contributed by atoms with van der Waals surface area (Å²) in [5, 5.41) is 12.4. The molecule has 1 N–H and O–H groups in total. The van der Waals surface area contributed by atoms with Gasteiger partial charge < -0.3 is 9.88 Å². The zero-order valence-electron chi connectivity index (χ0n) is 16.1. The summed E-state index contributed by atoms with van der Waals surface area (Å²) >= 11 is 1.47.